The Morgan fingerprint density at radius 2 is 2.15 bits per heavy atom. The molecular formula is C14H16N4O2. The van der Waals surface area contributed by atoms with Crippen LogP contribution in [0.25, 0.3) is 0 Å². The van der Waals surface area contributed by atoms with Gasteiger partial charge in [-0.25, -0.2) is 5.43 Å². The molecule has 104 valence electrons. The summed E-state index contributed by atoms with van der Waals surface area (Å²) in [5.41, 5.74) is 4.11. The van der Waals surface area contributed by atoms with Crippen LogP contribution in [0.15, 0.2) is 47.7 Å². The number of ether oxygens (including phenoxy) is 1. The highest BCUT2D eigenvalue weighted by atomic mass is 16.5. The normalized spacial score (nSPS) is 10.4. The largest absolute Gasteiger partial charge is 0.497 e. The summed E-state index contributed by atoms with van der Waals surface area (Å²) in [4.78, 5) is 14.5. The van der Waals surface area contributed by atoms with E-state index in [2.05, 4.69) is 20.8 Å². The van der Waals surface area contributed by atoms with Crippen molar-refractivity contribution in [2.24, 2.45) is 5.10 Å². The molecule has 0 saturated heterocycles. The van der Waals surface area contributed by atoms with Gasteiger partial charge in [0.25, 0.3) is 5.91 Å². The first kappa shape index (κ1) is 13.7. The van der Waals surface area contributed by atoms with Crippen LogP contribution in [-0.4, -0.2) is 30.8 Å². The third-order valence-corrected chi connectivity index (χ3v) is 2.56. The molecule has 0 aliphatic carbocycles. The van der Waals surface area contributed by atoms with E-state index in [1.54, 1.807) is 19.5 Å². The van der Waals surface area contributed by atoms with Crippen molar-refractivity contribution >= 4 is 17.8 Å². The van der Waals surface area contributed by atoms with E-state index in [0.29, 0.717) is 0 Å². The van der Waals surface area contributed by atoms with Crippen molar-refractivity contribution in [3.8, 4) is 5.75 Å². The van der Waals surface area contributed by atoms with Crippen molar-refractivity contribution in [1.82, 2.24) is 10.4 Å². The molecule has 1 aromatic heterocycles. The summed E-state index contributed by atoms with van der Waals surface area (Å²) in [6, 6.07) is 11.0. The number of nitrogens with zero attached hydrogens (tertiary/aromatic N) is 1. The van der Waals surface area contributed by atoms with Gasteiger partial charge in [-0.3, -0.25) is 4.79 Å². The number of methoxy groups -OCH3 is 1. The van der Waals surface area contributed by atoms with E-state index >= 15 is 0 Å². The molecule has 20 heavy (non-hydrogen) atoms. The van der Waals surface area contributed by atoms with Gasteiger partial charge in [0, 0.05) is 11.9 Å². The molecule has 0 saturated carbocycles. The number of hydrazone groups is 1. The summed E-state index contributed by atoms with van der Waals surface area (Å²) in [6.45, 7) is 0.147. The Kier molecular flexibility index (Phi) is 4.77. The van der Waals surface area contributed by atoms with Crippen LogP contribution in [0.3, 0.4) is 0 Å². The molecule has 0 radical (unpaired) electrons. The van der Waals surface area contributed by atoms with Crippen LogP contribution in [0.4, 0.5) is 5.69 Å². The van der Waals surface area contributed by atoms with E-state index in [-0.39, 0.29) is 12.5 Å². The Morgan fingerprint density at radius 1 is 1.35 bits per heavy atom. The molecule has 0 atom stereocenters. The van der Waals surface area contributed by atoms with Crippen molar-refractivity contribution < 1.29 is 9.53 Å². The molecular weight excluding hydrogens is 256 g/mol. The number of amides is 1. The Morgan fingerprint density at radius 3 is 2.80 bits per heavy atom. The minimum Gasteiger partial charge on any atom is -0.497 e. The number of anilines is 1. The average Bonchev–Trinajstić information content (AvgIpc) is 2.99. The molecule has 0 fully saturated rings. The average molecular weight is 272 g/mol. The molecule has 0 aliphatic heterocycles. The van der Waals surface area contributed by atoms with E-state index in [1.807, 2.05) is 36.4 Å². The zero-order valence-electron chi connectivity index (χ0n) is 11.1. The van der Waals surface area contributed by atoms with Crippen LogP contribution in [0.2, 0.25) is 0 Å². The fourth-order valence-electron chi connectivity index (χ4n) is 1.53. The van der Waals surface area contributed by atoms with Crippen LogP contribution in [0, 0.1) is 0 Å². The number of carbonyl (C=O) groups is 1. The standard InChI is InChI=1S/C14H16N4O2/c1-20-13-6-4-11(5-7-13)16-10-14(19)18-17-9-12-3-2-8-15-12/h2-9,15-16H,10H2,1H3,(H,18,19). The molecule has 0 aliphatic rings. The summed E-state index contributed by atoms with van der Waals surface area (Å²) in [5.74, 6) is 0.555. The van der Waals surface area contributed by atoms with E-state index in [1.165, 1.54) is 0 Å². The Labute approximate surface area is 116 Å². The highest BCUT2D eigenvalue weighted by molar-refractivity contribution is 5.83. The first-order chi connectivity index (χ1) is 9.78. The minimum absolute atomic E-state index is 0.147. The summed E-state index contributed by atoms with van der Waals surface area (Å²) in [7, 11) is 1.61. The van der Waals surface area contributed by atoms with Crippen molar-refractivity contribution in [1.29, 1.82) is 0 Å². The summed E-state index contributed by atoms with van der Waals surface area (Å²) < 4.78 is 5.05. The molecule has 2 rings (SSSR count). The van der Waals surface area contributed by atoms with E-state index in [0.717, 1.165) is 17.1 Å². The first-order valence-corrected chi connectivity index (χ1v) is 6.11. The number of aromatic amines is 1. The zero-order chi connectivity index (χ0) is 14.2. The van der Waals surface area contributed by atoms with Crippen molar-refractivity contribution in [3.63, 3.8) is 0 Å². The van der Waals surface area contributed by atoms with Gasteiger partial charge in [-0.1, -0.05) is 0 Å². The number of aromatic nitrogens is 1. The van der Waals surface area contributed by atoms with Crippen LogP contribution in [0.1, 0.15) is 5.69 Å². The smallest absolute Gasteiger partial charge is 0.259 e. The van der Waals surface area contributed by atoms with Crippen LogP contribution in [0.5, 0.6) is 5.75 Å². The van der Waals surface area contributed by atoms with E-state index in [4.69, 9.17) is 4.74 Å². The molecule has 2 aromatic rings. The second kappa shape index (κ2) is 6.98. The van der Waals surface area contributed by atoms with Crippen LogP contribution in [-0.2, 0) is 4.79 Å². The Hall–Kier alpha value is -2.76. The lowest BCUT2D eigenvalue weighted by atomic mass is 10.3. The third kappa shape index (κ3) is 4.16. The van der Waals surface area contributed by atoms with Gasteiger partial charge < -0.3 is 15.0 Å². The maximum atomic E-state index is 11.5. The molecule has 3 N–H and O–H groups in total. The maximum absolute atomic E-state index is 11.5. The molecule has 0 bridgehead atoms. The van der Waals surface area contributed by atoms with Gasteiger partial charge in [0.05, 0.1) is 25.6 Å². The van der Waals surface area contributed by atoms with E-state index in [9.17, 15) is 4.79 Å². The van der Waals surface area contributed by atoms with Crippen molar-refractivity contribution in [2.45, 2.75) is 0 Å². The number of nitrogens with one attached hydrogen (secondary N) is 3. The number of H-pyrrole nitrogens is 1. The monoisotopic (exact) mass is 272 g/mol. The lowest BCUT2D eigenvalue weighted by Gasteiger charge is -2.06. The van der Waals surface area contributed by atoms with Gasteiger partial charge in [-0.15, -0.1) is 0 Å². The summed E-state index contributed by atoms with van der Waals surface area (Å²) in [6.07, 6.45) is 3.33. The molecule has 1 heterocycles. The number of hydrogen-bond acceptors (Lipinski definition) is 4. The SMILES string of the molecule is COc1ccc(NCC(=O)NN=Cc2ccc[nH]2)cc1. The van der Waals surface area contributed by atoms with Gasteiger partial charge in [0.1, 0.15) is 5.75 Å². The Balaban J connectivity index is 1.74. The third-order valence-electron chi connectivity index (χ3n) is 2.56. The predicted octanol–water partition coefficient (Wildman–Crippen LogP) is 1.59. The molecule has 1 aromatic carbocycles. The maximum Gasteiger partial charge on any atom is 0.259 e. The van der Waals surface area contributed by atoms with Crippen LogP contribution >= 0.6 is 0 Å². The molecule has 1 amide bonds. The van der Waals surface area contributed by atoms with Gasteiger partial charge in [0.15, 0.2) is 0 Å². The fourth-order valence-corrected chi connectivity index (χ4v) is 1.53. The lowest BCUT2D eigenvalue weighted by molar-refractivity contribution is -0.119. The fraction of sp³-hybridized carbons (Fsp3) is 0.143. The van der Waals surface area contributed by atoms with Gasteiger partial charge in [-0.05, 0) is 36.4 Å². The number of benzene rings is 1. The number of rotatable bonds is 6. The zero-order valence-corrected chi connectivity index (χ0v) is 11.1. The predicted molar refractivity (Wildman–Crippen MR) is 78.0 cm³/mol. The van der Waals surface area contributed by atoms with Crippen molar-refractivity contribution in [3.05, 3.63) is 48.3 Å². The van der Waals surface area contributed by atoms with Gasteiger partial charge in [-0.2, -0.15) is 5.10 Å². The molecule has 6 nitrogen and oxygen atoms in total. The highest BCUT2D eigenvalue weighted by Gasteiger charge is 1.99. The van der Waals surface area contributed by atoms with Crippen molar-refractivity contribution in [2.75, 3.05) is 19.0 Å². The van der Waals surface area contributed by atoms with Gasteiger partial charge >= 0.3 is 0 Å². The number of carbonyl (C=O) groups excluding carboxylic acids is 1. The summed E-state index contributed by atoms with van der Waals surface area (Å²) >= 11 is 0. The second-order valence-electron chi connectivity index (χ2n) is 4.00. The Bertz CT molecular complexity index is 561. The second-order valence-corrected chi connectivity index (χ2v) is 4.00. The first-order valence-electron chi connectivity index (χ1n) is 6.11. The quantitative estimate of drug-likeness (QED) is 0.552. The minimum atomic E-state index is -0.219. The molecule has 0 unspecified atom stereocenters. The van der Waals surface area contributed by atoms with Crippen LogP contribution < -0.4 is 15.5 Å². The number of hydrogen-bond donors (Lipinski definition) is 3. The molecule has 0 spiro atoms. The van der Waals surface area contributed by atoms with Gasteiger partial charge in [0.2, 0.25) is 0 Å². The van der Waals surface area contributed by atoms with E-state index < -0.39 is 0 Å². The lowest BCUT2D eigenvalue weighted by Crippen LogP contribution is -2.25. The topological polar surface area (TPSA) is 78.5 Å². The summed E-state index contributed by atoms with van der Waals surface area (Å²) in [5, 5.41) is 6.83. The highest BCUT2D eigenvalue weighted by Crippen LogP contribution is 2.14. The molecule has 6 heteroatoms.